The van der Waals surface area contributed by atoms with Gasteiger partial charge in [-0.1, -0.05) is 89.9 Å². The van der Waals surface area contributed by atoms with Gasteiger partial charge in [0.15, 0.2) is 6.10 Å². The van der Waals surface area contributed by atoms with Crippen molar-refractivity contribution in [3.8, 4) is 82.9 Å². The summed E-state index contributed by atoms with van der Waals surface area (Å²) < 4.78 is 25.1. The number of carbonyl (C=O) groups excluding carboxylic acids is 2. The molecular formula is C35H39Na2O8P. The van der Waals surface area contributed by atoms with Crippen molar-refractivity contribution in [1.29, 1.82) is 0 Å². The molecule has 0 saturated heterocycles. The van der Waals surface area contributed by atoms with Gasteiger partial charge in [0.05, 0.1) is 14.4 Å². The van der Waals surface area contributed by atoms with Crippen molar-refractivity contribution in [2.75, 3.05) is 13.2 Å². The van der Waals surface area contributed by atoms with Gasteiger partial charge >= 0.3 is 71.1 Å². The molecule has 8 nitrogen and oxygen atoms in total. The maximum absolute atomic E-state index is 12.2. The van der Waals surface area contributed by atoms with Gasteiger partial charge in [-0.3, -0.25) is 4.79 Å². The van der Waals surface area contributed by atoms with Crippen molar-refractivity contribution in [2.45, 2.75) is 110 Å². The van der Waals surface area contributed by atoms with Crippen molar-refractivity contribution in [1.82, 2.24) is 0 Å². The van der Waals surface area contributed by atoms with Crippen LogP contribution in [0.3, 0.4) is 0 Å². The van der Waals surface area contributed by atoms with Crippen molar-refractivity contribution in [3.05, 3.63) is 0 Å². The van der Waals surface area contributed by atoms with Crippen LogP contribution >= 0.6 is 7.82 Å². The maximum Gasteiger partial charge on any atom is 1.00 e. The first-order chi connectivity index (χ1) is 21.3. The first-order valence-corrected chi connectivity index (χ1v) is 16.2. The molecule has 0 aromatic carbocycles. The molecule has 0 N–H and O–H groups in total. The van der Waals surface area contributed by atoms with Crippen LogP contribution in [0.4, 0.5) is 0 Å². The van der Waals surface area contributed by atoms with Crippen LogP contribution in [0, 0.1) is 82.9 Å². The van der Waals surface area contributed by atoms with E-state index in [1.54, 1.807) is 6.92 Å². The van der Waals surface area contributed by atoms with E-state index in [1.807, 2.05) is 0 Å². The zero-order valence-electron chi connectivity index (χ0n) is 27.6. The Hall–Kier alpha value is -2.03. The summed E-state index contributed by atoms with van der Waals surface area (Å²) in [4.78, 5) is 45.7. The van der Waals surface area contributed by atoms with Gasteiger partial charge in [-0.25, -0.2) is 4.79 Å². The average molecular weight is 665 g/mol. The zero-order chi connectivity index (χ0) is 32.6. The molecule has 0 spiro atoms. The molecule has 0 radical (unpaired) electrons. The van der Waals surface area contributed by atoms with Gasteiger partial charge in [0, 0.05) is 12.3 Å². The molecule has 0 fully saturated rings. The van der Waals surface area contributed by atoms with Crippen LogP contribution in [0.1, 0.15) is 104 Å². The average Bonchev–Trinajstić information content (AvgIpc) is 2.98. The minimum Gasteiger partial charge on any atom is -0.790 e. The quantitative estimate of drug-likeness (QED) is 0.0360. The monoisotopic (exact) mass is 664 g/mol. The number of hydrogen-bond acceptors (Lipinski definition) is 8. The summed E-state index contributed by atoms with van der Waals surface area (Å²) in [5.74, 6) is 32.1. The fourth-order valence-electron chi connectivity index (χ4n) is 3.48. The van der Waals surface area contributed by atoms with E-state index in [0.29, 0.717) is 6.42 Å². The Kier molecular flexibility index (Phi) is 37.7. The Morgan fingerprint density at radius 3 is 1.48 bits per heavy atom. The van der Waals surface area contributed by atoms with E-state index in [4.69, 9.17) is 9.47 Å². The molecule has 0 aromatic rings. The van der Waals surface area contributed by atoms with E-state index < -0.39 is 39.1 Å². The number of phosphoric ester groups is 1. The summed E-state index contributed by atoms with van der Waals surface area (Å²) >= 11 is 0. The van der Waals surface area contributed by atoms with E-state index in [0.717, 1.165) is 19.3 Å². The molecule has 0 aromatic heterocycles. The fourth-order valence-corrected chi connectivity index (χ4v) is 3.83. The summed E-state index contributed by atoms with van der Waals surface area (Å²) in [5, 5.41) is 0. The van der Waals surface area contributed by atoms with Crippen molar-refractivity contribution >= 4 is 19.8 Å². The van der Waals surface area contributed by atoms with Crippen LogP contribution < -0.4 is 68.9 Å². The second-order valence-electron chi connectivity index (χ2n) is 9.32. The van der Waals surface area contributed by atoms with Gasteiger partial charge in [0.2, 0.25) is 0 Å². The third-order valence-corrected chi connectivity index (χ3v) is 6.04. The predicted octanol–water partition coefficient (Wildman–Crippen LogP) is -2.18. The molecule has 0 aliphatic rings. The molecule has 0 aliphatic heterocycles. The molecule has 0 unspecified atom stereocenters. The Bertz CT molecular complexity index is 1370. The number of ether oxygens (including phenoxy) is 2. The van der Waals surface area contributed by atoms with Gasteiger partial charge < -0.3 is 28.3 Å². The smallest absolute Gasteiger partial charge is 0.790 e. The standard InChI is InChI=1S/C35H41O8P.2Na/c1-3-5-7-9-11-13-15-17-19-21-23-25-27-29-34(36)41-31-33(32-42-44(38,39)40)43-35(37)30-28-26-24-22-20-18-16-14-12-10-8-6-4-2;;/h33H,4,6,8,10,12,14,16,18,20,22,24,26,28,30-32H2,1-2H3,(H2,38,39,40);;/q;2*+1/p-2/t33-;;/m1../s1. The van der Waals surface area contributed by atoms with E-state index in [2.05, 4.69) is 94.3 Å². The number of hydrogen-bond donors (Lipinski definition) is 0. The summed E-state index contributed by atoms with van der Waals surface area (Å²) in [6, 6.07) is 0. The molecule has 11 heteroatoms. The maximum atomic E-state index is 12.2. The van der Waals surface area contributed by atoms with Crippen LogP contribution in [0.5, 0.6) is 0 Å². The summed E-state index contributed by atoms with van der Waals surface area (Å²) in [6.07, 6.45) is 13.9. The number of phosphoric acid groups is 1. The Morgan fingerprint density at radius 1 is 0.630 bits per heavy atom. The van der Waals surface area contributed by atoms with Gasteiger partial charge in [-0.05, 0) is 84.4 Å². The first kappa shape index (κ1) is 48.4. The normalized spacial score (nSPS) is 9.39. The van der Waals surface area contributed by atoms with Crippen LogP contribution in [0.25, 0.3) is 0 Å². The fraction of sp³-hybridized carbons (Fsp3) is 0.543. The Labute approximate surface area is 320 Å². The van der Waals surface area contributed by atoms with Crippen LogP contribution in [-0.2, 0) is 28.2 Å². The predicted molar refractivity (Wildman–Crippen MR) is 165 cm³/mol. The molecular weight excluding hydrogens is 625 g/mol. The molecule has 0 aliphatic carbocycles. The number of rotatable bonds is 20. The van der Waals surface area contributed by atoms with Crippen LogP contribution in [0.15, 0.2) is 0 Å². The summed E-state index contributed by atoms with van der Waals surface area (Å²) in [7, 11) is -5.32. The molecule has 1 atom stereocenters. The number of carbonyl (C=O) groups is 2. The van der Waals surface area contributed by atoms with Crippen LogP contribution in [-0.4, -0.2) is 31.3 Å². The molecule has 0 saturated carbocycles. The van der Waals surface area contributed by atoms with Gasteiger partial charge in [0.25, 0.3) is 0 Å². The molecule has 46 heavy (non-hydrogen) atoms. The molecule has 0 rings (SSSR count). The first-order valence-electron chi connectivity index (χ1n) is 14.7. The summed E-state index contributed by atoms with van der Waals surface area (Å²) in [6.45, 7) is 2.54. The molecule has 0 bridgehead atoms. The second-order valence-corrected chi connectivity index (χ2v) is 10.5. The van der Waals surface area contributed by atoms with Crippen molar-refractivity contribution < 1.29 is 97.1 Å². The third-order valence-electron chi connectivity index (χ3n) is 5.58. The van der Waals surface area contributed by atoms with E-state index >= 15 is 0 Å². The van der Waals surface area contributed by atoms with Gasteiger partial charge in [-0.2, -0.15) is 0 Å². The minimum absolute atomic E-state index is 0. The van der Waals surface area contributed by atoms with Gasteiger partial charge in [-0.15, -0.1) is 0 Å². The van der Waals surface area contributed by atoms with E-state index in [1.165, 1.54) is 57.8 Å². The van der Waals surface area contributed by atoms with E-state index in [9.17, 15) is 23.9 Å². The second kappa shape index (κ2) is 35.8. The largest absolute Gasteiger partial charge is 1.00 e. The Balaban J connectivity index is -0.00000924. The molecule has 0 amide bonds. The Morgan fingerprint density at radius 2 is 1.04 bits per heavy atom. The van der Waals surface area contributed by atoms with Crippen molar-refractivity contribution in [2.24, 2.45) is 0 Å². The molecule has 0 heterocycles. The minimum atomic E-state index is -5.32. The van der Waals surface area contributed by atoms with Gasteiger partial charge in [0.1, 0.15) is 6.61 Å². The topological polar surface area (TPSA) is 125 Å². The number of esters is 2. The van der Waals surface area contributed by atoms with E-state index in [-0.39, 0.29) is 65.5 Å². The molecule has 234 valence electrons. The zero-order valence-corrected chi connectivity index (χ0v) is 32.5. The summed E-state index contributed by atoms with van der Waals surface area (Å²) in [5.41, 5.74) is 0. The number of unbranched alkanes of at least 4 members (excludes halogenated alkanes) is 12. The van der Waals surface area contributed by atoms with Crippen molar-refractivity contribution in [3.63, 3.8) is 0 Å². The third kappa shape index (κ3) is 38.2. The SMILES string of the molecule is CC#CC#CC#CC#CC#CC#CC#CC(=O)OC[C@H](COP(=O)([O-])[O-])OC(=O)CCCCCCCCCCCCCCC.[Na+].[Na+]. The van der Waals surface area contributed by atoms with Crippen LogP contribution in [0.2, 0.25) is 0 Å².